The van der Waals surface area contributed by atoms with E-state index in [1.807, 2.05) is 24.3 Å². The number of aliphatic hydroxyl groups excluding tert-OH is 1. The Balaban J connectivity index is 2.05. The second-order valence-corrected chi connectivity index (χ2v) is 4.52. The Morgan fingerprint density at radius 1 is 1.40 bits per heavy atom. The molecule has 0 aromatic heterocycles. The van der Waals surface area contributed by atoms with Gasteiger partial charge in [0.15, 0.2) is 0 Å². The molecule has 1 aliphatic rings. The first-order chi connectivity index (χ1) is 9.61. The molecule has 5 nitrogen and oxygen atoms in total. The fraction of sp³-hybridized carbons (Fsp3) is 0.462. The number of para-hydroxylation sites is 2. The molecule has 0 radical (unpaired) electrons. The van der Waals surface area contributed by atoms with Crippen molar-refractivity contribution in [3.63, 3.8) is 0 Å². The summed E-state index contributed by atoms with van der Waals surface area (Å²) in [6.07, 6.45) is -2.62. The van der Waals surface area contributed by atoms with Gasteiger partial charge in [-0.15, -0.1) is 0 Å². The van der Waals surface area contributed by atoms with E-state index in [2.05, 4.69) is 10.6 Å². The number of carbonyl (C=O) groups excluding carboxylic acids is 1. The molecule has 0 saturated carbocycles. The van der Waals surface area contributed by atoms with Gasteiger partial charge in [-0.3, -0.25) is 4.79 Å². The topological polar surface area (TPSA) is 64.6 Å². The zero-order valence-corrected chi connectivity index (χ0v) is 10.9. The Kier molecular flexibility index (Phi) is 4.73. The monoisotopic (exact) mass is 285 g/mol. The number of aliphatic hydroxyl groups is 1. The third-order valence-corrected chi connectivity index (χ3v) is 3.09. The summed E-state index contributed by atoms with van der Waals surface area (Å²) in [5.74, 6) is -0.443. The number of hydrogen-bond acceptors (Lipinski definition) is 4. The van der Waals surface area contributed by atoms with Crippen molar-refractivity contribution in [1.82, 2.24) is 4.90 Å². The van der Waals surface area contributed by atoms with Gasteiger partial charge in [0.1, 0.15) is 6.04 Å². The molecule has 3 N–H and O–H groups in total. The van der Waals surface area contributed by atoms with E-state index in [9.17, 15) is 13.6 Å². The summed E-state index contributed by atoms with van der Waals surface area (Å²) in [6.45, 7) is -0.779. The van der Waals surface area contributed by atoms with Crippen LogP contribution in [0.1, 0.15) is 0 Å². The molecule has 1 heterocycles. The SMILES string of the molecule is O=C(C1CNc2ccccc2N1)N(CCO)CC(F)F. The number of hydrogen-bond donors (Lipinski definition) is 3. The molecule has 1 unspecified atom stereocenters. The van der Waals surface area contributed by atoms with Crippen molar-refractivity contribution in [2.24, 2.45) is 0 Å². The highest BCUT2D eigenvalue weighted by Gasteiger charge is 2.28. The second-order valence-electron chi connectivity index (χ2n) is 4.52. The Bertz CT molecular complexity index is 471. The highest BCUT2D eigenvalue weighted by atomic mass is 19.3. The second kappa shape index (κ2) is 6.51. The van der Waals surface area contributed by atoms with Gasteiger partial charge >= 0.3 is 0 Å². The number of benzene rings is 1. The predicted octanol–water partition coefficient (Wildman–Crippen LogP) is 0.979. The Hall–Kier alpha value is -1.89. The van der Waals surface area contributed by atoms with Crippen molar-refractivity contribution in [2.75, 3.05) is 36.9 Å². The normalized spacial score (nSPS) is 17.1. The first-order valence-electron chi connectivity index (χ1n) is 6.39. The largest absolute Gasteiger partial charge is 0.395 e. The summed E-state index contributed by atoms with van der Waals surface area (Å²) in [5, 5.41) is 15.0. The van der Waals surface area contributed by atoms with Crippen LogP contribution in [-0.2, 0) is 4.79 Å². The standard InChI is InChI=1S/C13H17F2N3O2/c14-12(15)8-18(5-6-19)13(20)11-7-16-9-3-1-2-4-10(9)17-11/h1-4,11-12,16-17,19H,5-8H2. The van der Waals surface area contributed by atoms with E-state index in [1.54, 1.807) is 0 Å². The van der Waals surface area contributed by atoms with Crippen LogP contribution in [0.5, 0.6) is 0 Å². The maximum Gasteiger partial charge on any atom is 0.255 e. The lowest BCUT2D eigenvalue weighted by Gasteiger charge is -2.31. The fourth-order valence-electron chi connectivity index (χ4n) is 2.16. The average molecular weight is 285 g/mol. The minimum atomic E-state index is -2.62. The fourth-order valence-corrected chi connectivity index (χ4v) is 2.16. The van der Waals surface area contributed by atoms with E-state index >= 15 is 0 Å². The van der Waals surface area contributed by atoms with Crippen molar-refractivity contribution < 1.29 is 18.7 Å². The highest BCUT2D eigenvalue weighted by Crippen LogP contribution is 2.25. The first kappa shape index (κ1) is 14.5. The number of halogens is 2. The third kappa shape index (κ3) is 3.36. The van der Waals surface area contributed by atoms with Crippen LogP contribution in [0.3, 0.4) is 0 Å². The number of fused-ring (bicyclic) bond motifs is 1. The summed E-state index contributed by atoms with van der Waals surface area (Å²) in [7, 11) is 0. The molecule has 20 heavy (non-hydrogen) atoms. The zero-order valence-electron chi connectivity index (χ0n) is 10.9. The summed E-state index contributed by atoms with van der Waals surface area (Å²) < 4.78 is 24.9. The van der Waals surface area contributed by atoms with Crippen molar-refractivity contribution in [3.05, 3.63) is 24.3 Å². The summed E-state index contributed by atoms with van der Waals surface area (Å²) in [4.78, 5) is 13.2. The number of anilines is 2. The third-order valence-electron chi connectivity index (χ3n) is 3.09. The lowest BCUT2D eigenvalue weighted by Crippen LogP contribution is -2.50. The Morgan fingerprint density at radius 3 is 2.75 bits per heavy atom. The number of nitrogens with zero attached hydrogens (tertiary/aromatic N) is 1. The predicted molar refractivity (Wildman–Crippen MR) is 72.0 cm³/mol. The number of rotatable bonds is 5. The molecule has 110 valence electrons. The van der Waals surface area contributed by atoms with Crippen LogP contribution in [0.25, 0.3) is 0 Å². The molecule has 1 aliphatic heterocycles. The van der Waals surface area contributed by atoms with Crippen LogP contribution in [0.15, 0.2) is 24.3 Å². The minimum absolute atomic E-state index is 0.0942. The van der Waals surface area contributed by atoms with Gasteiger partial charge in [0.05, 0.1) is 24.5 Å². The number of carbonyl (C=O) groups is 1. The highest BCUT2D eigenvalue weighted by molar-refractivity contribution is 5.88. The van der Waals surface area contributed by atoms with Crippen molar-refractivity contribution >= 4 is 17.3 Å². The maximum atomic E-state index is 12.5. The number of nitrogens with one attached hydrogen (secondary N) is 2. The van der Waals surface area contributed by atoms with E-state index in [4.69, 9.17) is 5.11 Å². The quantitative estimate of drug-likeness (QED) is 0.754. The summed E-state index contributed by atoms with van der Waals surface area (Å²) >= 11 is 0. The van der Waals surface area contributed by atoms with Crippen LogP contribution >= 0.6 is 0 Å². The van der Waals surface area contributed by atoms with Gasteiger partial charge in [0.25, 0.3) is 6.43 Å². The molecule has 1 aromatic carbocycles. The van der Waals surface area contributed by atoms with E-state index in [1.165, 1.54) is 0 Å². The van der Waals surface area contributed by atoms with E-state index in [0.717, 1.165) is 16.3 Å². The van der Waals surface area contributed by atoms with Gasteiger partial charge in [0.2, 0.25) is 5.91 Å². The van der Waals surface area contributed by atoms with Crippen LogP contribution in [0, 0.1) is 0 Å². The molecule has 0 aliphatic carbocycles. The molecule has 0 saturated heterocycles. The summed E-state index contributed by atoms with van der Waals surface area (Å²) in [6, 6.07) is 6.75. The number of alkyl halides is 2. The molecule has 0 spiro atoms. The maximum absolute atomic E-state index is 12.5. The Morgan fingerprint density at radius 2 is 2.10 bits per heavy atom. The van der Waals surface area contributed by atoms with Gasteiger partial charge < -0.3 is 20.6 Å². The van der Waals surface area contributed by atoms with Gasteiger partial charge in [-0.2, -0.15) is 0 Å². The minimum Gasteiger partial charge on any atom is -0.395 e. The van der Waals surface area contributed by atoms with E-state index < -0.39 is 24.9 Å². The molecule has 1 atom stereocenters. The first-order valence-corrected chi connectivity index (χ1v) is 6.39. The molecule has 1 amide bonds. The molecule has 0 bridgehead atoms. The molecular formula is C13H17F2N3O2. The van der Waals surface area contributed by atoms with Crippen LogP contribution in [0.4, 0.5) is 20.2 Å². The van der Waals surface area contributed by atoms with E-state index in [-0.39, 0.29) is 13.2 Å². The van der Waals surface area contributed by atoms with Gasteiger partial charge in [-0.05, 0) is 12.1 Å². The zero-order chi connectivity index (χ0) is 14.5. The molecule has 7 heteroatoms. The smallest absolute Gasteiger partial charge is 0.255 e. The van der Waals surface area contributed by atoms with Crippen LogP contribution < -0.4 is 10.6 Å². The average Bonchev–Trinajstić information content (AvgIpc) is 2.45. The lowest BCUT2D eigenvalue weighted by molar-refractivity contribution is -0.134. The van der Waals surface area contributed by atoms with Crippen LogP contribution in [0.2, 0.25) is 0 Å². The van der Waals surface area contributed by atoms with Crippen LogP contribution in [-0.4, -0.2) is 54.6 Å². The molecular weight excluding hydrogens is 268 g/mol. The number of amides is 1. The molecule has 1 aromatic rings. The molecule has 2 rings (SSSR count). The van der Waals surface area contributed by atoms with Gasteiger partial charge in [-0.1, -0.05) is 12.1 Å². The van der Waals surface area contributed by atoms with E-state index in [0.29, 0.717) is 6.54 Å². The lowest BCUT2D eigenvalue weighted by atomic mass is 10.1. The van der Waals surface area contributed by atoms with Gasteiger partial charge in [-0.25, -0.2) is 8.78 Å². The molecule has 0 fully saturated rings. The van der Waals surface area contributed by atoms with Crippen molar-refractivity contribution in [1.29, 1.82) is 0 Å². The summed E-state index contributed by atoms with van der Waals surface area (Å²) in [5.41, 5.74) is 1.64. The van der Waals surface area contributed by atoms with Crippen molar-refractivity contribution in [2.45, 2.75) is 12.5 Å². The Labute approximate surface area is 115 Å². The van der Waals surface area contributed by atoms with Crippen molar-refractivity contribution in [3.8, 4) is 0 Å². The van der Waals surface area contributed by atoms with Gasteiger partial charge in [0, 0.05) is 13.1 Å².